The molecule has 2 N–H and O–H groups in total. The van der Waals surface area contributed by atoms with Gasteiger partial charge in [0.25, 0.3) is 6.26 Å². The number of aliphatic hydroxyl groups excluding tert-OH is 1. The Hall–Kier alpha value is -2.29. The number of halogens is 2. The number of aromatic nitrogens is 4. The van der Waals surface area contributed by atoms with Crippen LogP contribution in [0.2, 0.25) is 12.1 Å². The molecule has 1 amide bonds. The predicted octanol–water partition coefficient (Wildman–Crippen LogP) is -4.85. The predicted molar refractivity (Wildman–Crippen MR) is 171 cm³/mol. The summed E-state index contributed by atoms with van der Waals surface area (Å²) < 4.78 is 49.2. The first-order valence-corrected chi connectivity index (χ1v) is 18.8. The molecule has 48 heavy (non-hydrogen) atoms. The lowest BCUT2D eigenvalue weighted by Gasteiger charge is -2.24. The summed E-state index contributed by atoms with van der Waals surface area (Å²) in [7, 11) is 8.34. The lowest BCUT2D eigenvalue weighted by Crippen LogP contribution is -3.00. The summed E-state index contributed by atoms with van der Waals surface area (Å²) in [6, 6.07) is 1.29. The van der Waals surface area contributed by atoms with Crippen LogP contribution >= 0.6 is 0 Å². The lowest BCUT2D eigenvalue weighted by atomic mass is 10.4. The summed E-state index contributed by atoms with van der Waals surface area (Å²) in [4.78, 5) is 11.6. The Bertz CT molecular complexity index is 1070. The van der Waals surface area contributed by atoms with Crippen LogP contribution in [0.1, 0.15) is 25.7 Å². The van der Waals surface area contributed by atoms with Gasteiger partial charge in [-0.1, -0.05) is 0 Å². The molecule has 0 bridgehead atoms. The van der Waals surface area contributed by atoms with Crippen molar-refractivity contribution in [2.45, 2.75) is 50.9 Å². The number of carbonyl (C=O) groups is 1. The number of nitrogens with zero attached hydrogens (tertiary/aromatic N) is 5. The number of ether oxygens (including phenoxy) is 2. The third-order valence-corrected chi connectivity index (χ3v) is 12.3. The van der Waals surface area contributed by atoms with Crippen molar-refractivity contribution in [1.29, 1.82) is 5.26 Å². The Morgan fingerprint density at radius 3 is 1.62 bits per heavy atom. The van der Waals surface area contributed by atoms with Crippen molar-refractivity contribution in [3.8, 4) is 6.26 Å². The van der Waals surface area contributed by atoms with Crippen molar-refractivity contribution >= 4 is 23.7 Å². The van der Waals surface area contributed by atoms with Gasteiger partial charge in [0, 0.05) is 80.7 Å². The van der Waals surface area contributed by atoms with Gasteiger partial charge in [0.15, 0.2) is 0 Å². The van der Waals surface area contributed by atoms with Crippen LogP contribution in [0.15, 0.2) is 37.4 Å². The Morgan fingerprint density at radius 1 is 0.771 bits per heavy atom. The van der Waals surface area contributed by atoms with Crippen LogP contribution in [0.3, 0.4) is 0 Å². The van der Waals surface area contributed by atoms with Crippen LogP contribution in [0.25, 0.3) is 0 Å². The van der Waals surface area contributed by atoms with Crippen molar-refractivity contribution in [1.82, 2.24) is 14.5 Å². The number of carbonyl (C=O) groups excluding carboxylic acids is 1. The third kappa shape index (κ3) is 22.4. The summed E-state index contributed by atoms with van der Waals surface area (Å²) in [5, 5.41) is 19.3. The van der Waals surface area contributed by atoms with Crippen LogP contribution in [-0.4, -0.2) is 107 Å². The molecule has 0 fully saturated rings. The minimum atomic E-state index is -2.55. The first kappa shape index (κ1) is 50.1. The fourth-order valence-corrected chi connectivity index (χ4v) is 7.41. The van der Waals surface area contributed by atoms with E-state index < -0.39 is 23.7 Å². The standard InChI is InChI=1S/C14H27N3O5Si.C7H13N2O.C7H15NO4Si.2ClH/c1-16-9-10-17(13-16)8-6-11-22-14(18)15-7-5-12-23(19-2,20-3)21-4;1-8-4-5-9(7-8)3-2-6-10;1-9-13(10-2,11-3)6-4-5-12-7-8;;/h9-10,13H,5-8,11-12H2,1-4H3;4-5,7,10H,2-3,6H2,1H3;4-6H2,1-3H3;2*1H/q;+1;;;/p-1. The van der Waals surface area contributed by atoms with E-state index in [9.17, 15) is 4.79 Å². The number of hydrogen-bond donors (Lipinski definition) is 2. The van der Waals surface area contributed by atoms with Gasteiger partial charge in [-0.05, 0) is 12.8 Å². The van der Waals surface area contributed by atoms with Crippen LogP contribution < -0.4 is 39.3 Å². The summed E-state index contributed by atoms with van der Waals surface area (Å²) in [5.74, 6) is 0. The Labute approximate surface area is 300 Å². The highest BCUT2D eigenvalue weighted by molar-refractivity contribution is 6.60. The van der Waals surface area contributed by atoms with E-state index in [4.69, 9.17) is 41.7 Å². The number of alkyl carbamates (subject to hydrolysis) is 1. The maximum absolute atomic E-state index is 11.6. The molecule has 0 radical (unpaired) electrons. The SMILES string of the molecule is CO[Si](CCCNC(=O)OCCCn1cc[n+](C)c1)(OC)OC.CO[Si](CCCOC#N)(OC)OC.C[n+]1ccn(CCCO)c1.[Cl-].[Cl-]. The van der Waals surface area contributed by atoms with Gasteiger partial charge in [-0.25, -0.2) is 23.1 Å². The fourth-order valence-electron chi connectivity index (χ4n) is 4.00. The zero-order chi connectivity index (χ0) is 34.7. The summed E-state index contributed by atoms with van der Waals surface area (Å²) >= 11 is 0. The number of nitriles is 1. The topological polar surface area (TPSA) is 165 Å². The van der Waals surface area contributed by atoms with E-state index >= 15 is 0 Å². The molecule has 0 aliphatic carbocycles. The molecule has 280 valence electrons. The Kier molecular flexibility index (Phi) is 32.1. The van der Waals surface area contributed by atoms with Gasteiger partial charge in [-0.3, -0.25) is 0 Å². The van der Waals surface area contributed by atoms with Gasteiger partial charge in [0.05, 0.1) is 33.8 Å². The van der Waals surface area contributed by atoms with Gasteiger partial charge < -0.3 is 71.3 Å². The molecule has 0 saturated heterocycles. The minimum Gasteiger partial charge on any atom is -1.00 e. The van der Waals surface area contributed by atoms with Crippen LogP contribution in [0, 0.1) is 11.5 Å². The molecule has 0 aromatic carbocycles. The largest absolute Gasteiger partial charge is 1.00 e. The number of aliphatic hydroxyl groups is 1. The van der Waals surface area contributed by atoms with E-state index in [2.05, 4.69) is 14.6 Å². The van der Waals surface area contributed by atoms with Gasteiger partial charge in [0.2, 0.25) is 12.7 Å². The molecule has 0 atom stereocenters. The number of nitrogens with one attached hydrogen (secondary N) is 1. The first-order chi connectivity index (χ1) is 22.1. The zero-order valence-corrected chi connectivity index (χ0v) is 33.1. The molecule has 0 aliphatic heterocycles. The number of rotatable bonds is 21. The normalized spacial score (nSPS) is 10.6. The van der Waals surface area contributed by atoms with Crippen LogP contribution in [0.5, 0.6) is 0 Å². The molecule has 16 nitrogen and oxygen atoms in total. The van der Waals surface area contributed by atoms with E-state index in [1.165, 1.54) is 0 Å². The fraction of sp³-hybridized carbons (Fsp3) is 0.714. The Balaban J connectivity index is -0.000000687. The minimum absolute atomic E-state index is 0. The molecular weight excluding hydrogens is 707 g/mol. The molecule has 0 spiro atoms. The van der Waals surface area contributed by atoms with Gasteiger partial charge in [-0.15, -0.1) is 0 Å². The molecule has 2 aromatic rings. The van der Waals surface area contributed by atoms with Gasteiger partial charge in [0.1, 0.15) is 31.4 Å². The van der Waals surface area contributed by atoms with Crippen molar-refractivity contribution in [3.05, 3.63) is 37.4 Å². The maximum Gasteiger partial charge on any atom is 0.500 e. The molecule has 2 rings (SSSR count). The van der Waals surface area contributed by atoms with Crippen LogP contribution in [0.4, 0.5) is 4.79 Å². The van der Waals surface area contributed by atoms with Crippen molar-refractivity contribution < 1.29 is 79.9 Å². The highest BCUT2D eigenvalue weighted by atomic mass is 35.5. The molecule has 2 heterocycles. The second-order valence-corrected chi connectivity index (χ2v) is 16.0. The van der Waals surface area contributed by atoms with Gasteiger partial charge >= 0.3 is 23.7 Å². The monoisotopic (exact) mass is 762 g/mol. The zero-order valence-electron chi connectivity index (χ0n) is 29.6. The summed E-state index contributed by atoms with van der Waals surface area (Å²) in [5.41, 5.74) is 0. The van der Waals surface area contributed by atoms with E-state index in [0.717, 1.165) is 25.9 Å². The Morgan fingerprint density at radius 2 is 1.23 bits per heavy atom. The number of aryl methyl sites for hydroxylation is 4. The average Bonchev–Trinajstić information content (AvgIpc) is 3.70. The molecule has 0 saturated carbocycles. The molecule has 0 aliphatic rings. The first-order valence-electron chi connectivity index (χ1n) is 15.0. The lowest BCUT2D eigenvalue weighted by molar-refractivity contribution is -0.671. The third-order valence-electron chi connectivity index (χ3n) is 6.60. The van der Waals surface area contributed by atoms with E-state index in [1.807, 2.05) is 65.2 Å². The number of hydrogen-bond acceptors (Lipinski definition) is 11. The average molecular weight is 764 g/mol. The summed E-state index contributed by atoms with van der Waals surface area (Å²) in [6.45, 7) is 3.25. The molecule has 0 unspecified atom stereocenters. The van der Waals surface area contributed by atoms with E-state index in [1.54, 1.807) is 48.9 Å². The second-order valence-electron chi connectivity index (χ2n) is 9.86. The summed E-state index contributed by atoms with van der Waals surface area (Å²) in [6.07, 6.45) is 16.1. The van der Waals surface area contributed by atoms with E-state index in [0.29, 0.717) is 44.7 Å². The maximum atomic E-state index is 11.6. The molecule has 20 heteroatoms. The van der Waals surface area contributed by atoms with Crippen molar-refractivity contribution in [2.24, 2.45) is 14.1 Å². The number of amides is 1. The molecule has 2 aromatic heterocycles. The van der Waals surface area contributed by atoms with E-state index in [-0.39, 0.29) is 31.4 Å². The molecular formula is C28H56Cl2N6O10Si2. The quantitative estimate of drug-likeness (QED) is 0.0543. The smallest absolute Gasteiger partial charge is 0.500 e. The van der Waals surface area contributed by atoms with Crippen molar-refractivity contribution in [3.63, 3.8) is 0 Å². The van der Waals surface area contributed by atoms with Crippen LogP contribution in [-0.2, 0) is 63.2 Å². The van der Waals surface area contributed by atoms with Gasteiger partial charge in [-0.2, -0.15) is 5.26 Å². The van der Waals surface area contributed by atoms with Crippen molar-refractivity contribution in [2.75, 3.05) is 69.0 Å². The number of imidazole rings is 2. The second kappa shape index (κ2) is 30.7. The highest BCUT2D eigenvalue weighted by Gasteiger charge is 2.37. The highest BCUT2D eigenvalue weighted by Crippen LogP contribution is 2.15.